The maximum atomic E-state index is 13.9. The number of likely N-dealkylation sites (N-methyl/N-ethyl adjacent to an activating group) is 1. The maximum Gasteiger partial charge on any atom is 0.147 e. The monoisotopic (exact) mass is 237 g/mol. The van der Waals surface area contributed by atoms with Crippen LogP contribution >= 0.6 is 0 Å². The number of anilines is 1. The van der Waals surface area contributed by atoms with Gasteiger partial charge in [0.1, 0.15) is 11.7 Å². The summed E-state index contributed by atoms with van der Waals surface area (Å²) in [5, 5.41) is 7.25. The third kappa shape index (κ3) is 2.39. The highest BCUT2D eigenvalue weighted by Gasteiger charge is 2.22. The third-order valence-corrected chi connectivity index (χ3v) is 3.09. The van der Waals surface area contributed by atoms with E-state index in [0.717, 1.165) is 13.0 Å². The van der Waals surface area contributed by atoms with E-state index in [0.29, 0.717) is 17.9 Å². The van der Waals surface area contributed by atoms with E-state index in [-0.39, 0.29) is 17.7 Å². The summed E-state index contributed by atoms with van der Waals surface area (Å²) in [5.41, 5.74) is 6.24. The molecule has 1 unspecified atom stereocenters. The summed E-state index contributed by atoms with van der Waals surface area (Å²) >= 11 is 0. The van der Waals surface area contributed by atoms with Gasteiger partial charge >= 0.3 is 0 Å². The first-order valence-corrected chi connectivity index (χ1v) is 5.54. The molecule has 2 rings (SSSR count). The Morgan fingerprint density at radius 2 is 2.35 bits per heavy atom. The van der Waals surface area contributed by atoms with Crippen LogP contribution < -0.4 is 10.6 Å². The average Bonchev–Trinajstić information content (AvgIpc) is 2.81. The van der Waals surface area contributed by atoms with Crippen molar-refractivity contribution in [3.63, 3.8) is 0 Å². The first-order chi connectivity index (χ1) is 8.09. The van der Waals surface area contributed by atoms with Crippen LogP contribution in [0.3, 0.4) is 0 Å². The summed E-state index contributed by atoms with van der Waals surface area (Å²) in [6, 6.07) is 4.83. The van der Waals surface area contributed by atoms with Crippen LogP contribution in [-0.2, 0) is 4.74 Å². The number of halogens is 1. The molecule has 0 saturated carbocycles. The van der Waals surface area contributed by atoms with Gasteiger partial charge in [-0.3, -0.25) is 5.41 Å². The number of nitrogens with two attached hydrogens (primary N) is 1. The molecule has 1 aliphatic rings. The Morgan fingerprint density at radius 3 is 2.88 bits per heavy atom. The summed E-state index contributed by atoms with van der Waals surface area (Å²) in [4.78, 5) is 1.88. The molecule has 1 atom stereocenters. The molecule has 4 nitrogen and oxygen atoms in total. The number of hydrogen-bond donors (Lipinski definition) is 2. The van der Waals surface area contributed by atoms with E-state index in [1.807, 2.05) is 11.9 Å². The second-order valence-electron chi connectivity index (χ2n) is 4.21. The van der Waals surface area contributed by atoms with Crippen LogP contribution in [-0.4, -0.2) is 32.1 Å². The van der Waals surface area contributed by atoms with E-state index in [2.05, 4.69) is 0 Å². The fourth-order valence-electron chi connectivity index (χ4n) is 1.98. The number of hydrogen-bond acceptors (Lipinski definition) is 3. The zero-order chi connectivity index (χ0) is 12.4. The minimum absolute atomic E-state index is 0.123. The lowest BCUT2D eigenvalue weighted by atomic mass is 10.1. The van der Waals surface area contributed by atoms with Gasteiger partial charge in [-0.2, -0.15) is 0 Å². The van der Waals surface area contributed by atoms with Gasteiger partial charge in [-0.1, -0.05) is 0 Å². The predicted molar refractivity (Wildman–Crippen MR) is 65.0 cm³/mol. The van der Waals surface area contributed by atoms with Gasteiger partial charge in [-0.25, -0.2) is 4.39 Å². The number of nitrogens with one attached hydrogen (secondary N) is 1. The van der Waals surface area contributed by atoms with Gasteiger partial charge in [0, 0.05) is 19.2 Å². The summed E-state index contributed by atoms with van der Waals surface area (Å²) in [7, 11) is 1.85. The van der Waals surface area contributed by atoms with Crippen molar-refractivity contribution in [2.24, 2.45) is 5.73 Å². The van der Waals surface area contributed by atoms with E-state index in [1.54, 1.807) is 12.1 Å². The van der Waals surface area contributed by atoms with Crippen molar-refractivity contribution >= 4 is 11.5 Å². The lowest BCUT2D eigenvalue weighted by Crippen LogP contribution is -2.32. The van der Waals surface area contributed by atoms with E-state index < -0.39 is 0 Å². The summed E-state index contributed by atoms with van der Waals surface area (Å²) in [6.45, 7) is 1.35. The minimum atomic E-state index is -0.355. The fraction of sp³-hybridized carbons (Fsp3) is 0.417. The van der Waals surface area contributed by atoms with Gasteiger partial charge in [0.15, 0.2) is 0 Å². The predicted octanol–water partition coefficient (Wildman–Crippen LogP) is 1.33. The van der Waals surface area contributed by atoms with Gasteiger partial charge in [-0.15, -0.1) is 0 Å². The topological polar surface area (TPSA) is 62.3 Å². The number of nitrogens with zero attached hydrogens (tertiary/aromatic N) is 1. The van der Waals surface area contributed by atoms with E-state index >= 15 is 0 Å². The fourth-order valence-corrected chi connectivity index (χ4v) is 1.98. The molecule has 0 bridgehead atoms. The SMILES string of the molecule is CN(c1ccc(C(=N)N)cc1F)C1CCOC1. The Kier molecular flexibility index (Phi) is 3.28. The minimum Gasteiger partial charge on any atom is -0.384 e. The largest absolute Gasteiger partial charge is 0.384 e. The second-order valence-corrected chi connectivity index (χ2v) is 4.21. The number of rotatable bonds is 3. The molecule has 92 valence electrons. The molecule has 17 heavy (non-hydrogen) atoms. The highest BCUT2D eigenvalue weighted by atomic mass is 19.1. The zero-order valence-electron chi connectivity index (χ0n) is 9.74. The molecule has 5 heteroatoms. The van der Waals surface area contributed by atoms with E-state index in [9.17, 15) is 4.39 Å². The number of amidine groups is 1. The maximum absolute atomic E-state index is 13.9. The van der Waals surface area contributed by atoms with Gasteiger partial charge in [0.25, 0.3) is 0 Å². The van der Waals surface area contributed by atoms with E-state index in [4.69, 9.17) is 15.9 Å². The van der Waals surface area contributed by atoms with Crippen molar-refractivity contribution in [3.8, 4) is 0 Å². The molecule has 1 aromatic rings. The Balaban J connectivity index is 2.23. The quantitative estimate of drug-likeness (QED) is 0.616. The highest BCUT2D eigenvalue weighted by Crippen LogP contribution is 2.24. The van der Waals surface area contributed by atoms with Gasteiger partial charge < -0.3 is 15.4 Å². The third-order valence-electron chi connectivity index (χ3n) is 3.09. The molecule has 3 N–H and O–H groups in total. The molecule has 0 spiro atoms. The normalized spacial score (nSPS) is 19.3. The Hall–Kier alpha value is -1.62. The first kappa shape index (κ1) is 11.9. The van der Waals surface area contributed by atoms with Crippen molar-refractivity contribution in [2.75, 3.05) is 25.2 Å². The highest BCUT2D eigenvalue weighted by molar-refractivity contribution is 5.95. The van der Waals surface area contributed by atoms with Crippen LogP contribution in [0.5, 0.6) is 0 Å². The molecule has 1 aromatic carbocycles. The van der Waals surface area contributed by atoms with Crippen molar-refractivity contribution in [1.29, 1.82) is 5.41 Å². The molecule has 0 aliphatic carbocycles. The van der Waals surface area contributed by atoms with Crippen molar-refractivity contribution in [1.82, 2.24) is 0 Å². The lowest BCUT2D eigenvalue weighted by Gasteiger charge is -2.26. The molecule has 1 saturated heterocycles. The number of ether oxygens (including phenoxy) is 1. The molecular weight excluding hydrogens is 221 g/mol. The van der Waals surface area contributed by atoms with Crippen LogP contribution in [0.25, 0.3) is 0 Å². The summed E-state index contributed by atoms with van der Waals surface area (Å²) in [5.74, 6) is -0.477. The van der Waals surface area contributed by atoms with Crippen LogP contribution in [0.4, 0.5) is 10.1 Å². The molecular formula is C12H16FN3O. The van der Waals surface area contributed by atoms with E-state index in [1.165, 1.54) is 6.07 Å². The summed E-state index contributed by atoms with van der Waals surface area (Å²) in [6.07, 6.45) is 0.907. The van der Waals surface area contributed by atoms with Crippen LogP contribution in [0, 0.1) is 11.2 Å². The molecule has 1 aliphatic heterocycles. The van der Waals surface area contributed by atoms with Crippen molar-refractivity contribution < 1.29 is 9.13 Å². The molecule has 1 fully saturated rings. The number of benzene rings is 1. The first-order valence-electron chi connectivity index (χ1n) is 5.54. The van der Waals surface area contributed by atoms with Crippen molar-refractivity contribution in [2.45, 2.75) is 12.5 Å². The average molecular weight is 237 g/mol. The van der Waals surface area contributed by atoms with Crippen LogP contribution in [0.1, 0.15) is 12.0 Å². The zero-order valence-corrected chi connectivity index (χ0v) is 9.74. The van der Waals surface area contributed by atoms with Gasteiger partial charge in [0.2, 0.25) is 0 Å². The van der Waals surface area contributed by atoms with Crippen molar-refractivity contribution in [3.05, 3.63) is 29.6 Å². The Bertz CT molecular complexity index is 430. The molecule has 1 heterocycles. The molecule has 0 aromatic heterocycles. The van der Waals surface area contributed by atoms with Crippen LogP contribution in [0.15, 0.2) is 18.2 Å². The van der Waals surface area contributed by atoms with Gasteiger partial charge in [0.05, 0.1) is 18.3 Å². The smallest absolute Gasteiger partial charge is 0.147 e. The lowest BCUT2D eigenvalue weighted by molar-refractivity contribution is 0.193. The Labute approximate surface area is 99.7 Å². The van der Waals surface area contributed by atoms with Crippen LogP contribution in [0.2, 0.25) is 0 Å². The Morgan fingerprint density at radius 1 is 1.59 bits per heavy atom. The standard InChI is InChI=1S/C12H16FN3O/c1-16(9-4-5-17-7-9)11-3-2-8(12(14)15)6-10(11)13/h2-3,6,9H,4-5,7H2,1H3,(H3,14,15). The summed E-state index contributed by atoms with van der Waals surface area (Å²) < 4.78 is 19.2. The van der Waals surface area contributed by atoms with Gasteiger partial charge in [-0.05, 0) is 24.6 Å². The second kappa shape index (κ2) is 4.71. The molecule has 0 radical (unpaired) electrons. The molecule has 0 amide bonds. The number of nitrogen functional groups attached to an aromatic ring is 1.